The lowest BCUT2D eigenvalue weighted by Gasteiger charge is -2.40. The van der Waals surface area contributed by atoms with Gasteiger partial charge >= 0.3 is 12.0 Å². The molecule has 1 aliphatic carbocycles. The number of amides is 3. The van der Waals surface area contributed by atoms with E-state index in [1.165, 1.54) is 13.5 Å². The van der Waals surface area contributed by atoms with Crippen molar-refractivity contribution in [1.82, 2.24) is 25.1 Å². The summed E-state index contributed by atoms with van der Waals surface area (Å²) in [4.78, 5) is 52.3. The van der Waals surface area contributed by atoms with E-state index in [9.17, 15) is 14.4 Å². The molecule has 204 valence electrons. The Morgan fingerprint density at radius 3 is 2.45 bits per heavy atom. The topological polar surface area (TPSA) is 114 Å². The Morgan fingerprint density at radius 2 is 1.76 bits per heavy atom. The van der Waals surface area contributed by atoms with E-state index in [0.717, 1.165) is 31.2 Å². The van der Waals surface area contributed by atoms with Crippen LogP contribution < -0.4 is 5.32 Å². The van der Waals surface area contributed by atoms with Crippen molar-refractivity contribution in [3.8, 4) is 11.4 Å². The molecular weight excluding hydrogens is 486 g/mol. The summed E-state index contributed by atoms with van der Waals surface area (Å²) in [5.74, 6) is -0.690. The van der Waals surface area contributed by atoms with E-state index >= 15 is 0 Å². The van der Waals surface area contributed by atoms with Crippen molar-refractivity contribution >= 4 is 17.9 Å². The first-order valence-electron chi connectivity index (χ1n) is 13.4. The van der Waals surface area contributed by atoms with E-state index in [1.54, 1.807) is 16.7 Å². The van der Waals surface area contributed by atoms with Crippen molar-refractivity contribution in [1.29, 1.82) is 0 Å². The highest BCUT2D eigenvalue weighted by Gasteiger charge is 2.34. The Morgan fingerprint density at radius 1 is 1.03 bits per heavy atom. The molecule has 10 heteroatoms. The summed E-state index contributed by atoms with van der Waals surface area (Å²) >= 11 is 0. The van der Waals surface area contributed by atoms with Crippen LogP contribution in [-0.4, -0.2) is 89.7 Å². The molecular formula is C28H37N5O5. The molecule has 1 atom stereocenters. The molecule has 1 saturated carbocycles. The third-order valence-electron chi connectivity index (χ3n) is 7.16. The molecule has 1 aromatic heterocycles. The van der Waals surface area contributed by atoms with Gasteiger partial charge in [-0.1, -0.05) is 49.6 Å². The first-order chi connectivity index (χ1) is 18.4. The standard InChI is InChI=1S/C28H37N5O5/c1-19-18-32(14-15-33(19)28(36)30-22-12-8-5-9-13-22)26(34)24-23(27(35)38-17-16-37-3)20(2)29-25(31-24)21-10-6-4-7-11-21/h4,6-7,10-11,19,22H,5,8-9,12-18H2,1-3H3,(H,30,36). The summed E-state index contributed by atoms with van der Waals surface area (Å²) in [6.07, 6.45) is 5.53. The van der Waals surface area contributed by atoms with Crippen LogP contribution in [0.1, 0.15) is 65.6 Å². The van der Waals surface area contributed by atoms with Crippen LogP contribution in [0.3, 0.4) is 0 Å². The number of aromatic nitrogens is 2. The van der Waals surface area contributed by atoms with Crippen molar-refractivity contribution in [2.45, 2.75) is 58.0 Å². The molecule has 3 amide bonds. The Kier molecular flexibility index (Phi) is 9.28. The highest BCUT2D eigenvalue weighted by atomic mass is 16.6. The average molecular weight is 524 g/mol. The number of nitrogens with zero attached hydrogens (tertiary/aromatic N) is 4. The lowest BCUT2D eigenvalue weighted by molar-refractivity contribution is 0.0378. The van der Waals surface area contributed by atoms with Gasteiger partial charge in [0.15, 0.2) is 5.82 Å². The number of benzene rings is 1. The second kappa shape index (κ2) is 12.8. The minimum absolute atomic E-state index is 0.00563. The average Bonchev–Trinajstić information content (AvgIpc) is 2.93. The van der Waals surface area contributed by atoms with Gasteiger partial charge in [0.05, 0.1) is 12.3 Å². The molecule has 2 aromatic rings. The van der Waals surface area contributed by atoms with Crippen molar-refractivity contribution in [3.63, 3.8) is 0 Å². The first kappa shape index (κ1) is 27.5. The number of rotatable bonds is 7. The van der Waals surface area contributed by atoms with E-state index in [2.05, 4.69) is 15.3 Å². The van der Waals surface area contributed by atoms with Crippen LogP contribution in [0.4, 0.5) is 4.79 Å². The molecule has 1 unspecified atom stereocenters. The van der Waals surface area contributed by atoms with Gasteiger partial charge in [0.25, 0.3) is 5.91 Å². The summed E-state index contributed by atoms with van der Waals surface area (Å²) in [7, 11) is 1.52. The first-order valence-corrected chi connectivity index (χ1v) is 13.4. The molecule has 38 heavy (non-hydrogen) atoms. The SMILES string of the molecule is COCCOC(=O)c1c(C)nc(-c2ccccc2)nc1C(=O)N1CCN(C(=O)NC2CCCCC2)C(C)C1. The third-order valence-corrected chi connectivity index (χ3v) is 7.16. The molecule has 10 nitrogen and oxygen atoms in total. The summed E-state index contributed by atoms with van der Waals surface area (Å²) in [5.41, 5.74) is 1.16. The van der Waals surface area contributed by atoms with E-state index < -0.39 is 5.97 Å². The zero-order valence-electron chi connectivity index (χ0n) is 22.4. The molecule has 4 rings (SSSR count). The number of urea groups is 1. The highest BCUT2D eigenvalue weighted by molar-refractivity contribution is 6.05. The molecule has 1 saturated heterocycles. The van der Waals surface area contributed by atoms with E-state index in [-0.39, 0.29) is 48.5 Å². The van der Waals surface area contributed by atoms with Crippen LogP contribution in [-0.2, 0) is 9.47 Å². The monoisotopic (exact) mass is 523 g/mol. The van der Waals surface area contributed by atoms with Gasteiger partial charge in [-0.15, -0.1) is 0 Å². The predicted octanol–water partition coefficient (Wildman–Crippen LogP) is 3.44. The van der Waals surface area contributed by atoms with Crippen LogP contribution in [0.2, 0.25) is 0 Å². The third kappa shape index (κ3) is 6.48. The zero-order valence-corrected chi connectivity index (χ0v) is 22.4. The second-order valence-corrected chi connectivity index (χ2v) is 9.93. The molecule has 2 heterocycles. The number of esters is 1. The van der Waals surface area contributed by atoms with E-state index in [4.69, 9.17) is 9.47 Å². The van der Waals surface area contributed by atoms with E-state index in [1.807, 2.05) is 37.3 Å². The molecule has 1 aromatic carbocycles. The van der Waals surface area contributed by atoms with Gasteiger partial charge in [-0.2, -0.15) is 0 Å². The van der Waals surface area contributed by atoms with Crippen molar-refractivity contribution in [2.75, 3.05) is 40.0 Å². The summed E-state index contributed by atoms with van der Waals surface area (Å²) < 4.78 is 10.3. The molecule has 2 fully saturated rings. The Balaban J connectivity index is 1.54. The van der Waals surface area contributed by atoms with Gasteiger partial charge in [0.2, 0.25) is 0 Å². The molecule has 1 N–H and O–H groups in total. The summed E-state index contributed by atoms with van der Waals surface area (Å²) in [6, 6.07) is 9.26. The van der Waals surface area contributed by atoms with Crippen LogP contribution >= 0.6 is 0 Å². The lowest BCUT2D eigenvalue weighted by atomic mass is 9.96. The van der Waals surface area contributed by atoms with Crippen molar-refractivity contribution in [3.05, 3.63) is 47.3 Å². The van der Waals surface area contributed by atoms with Crippen molar-refractivity contribution in [2.24, 2.45) is 0 Å². The normalized spacial score (nSPS) is 18.2. The quantitative estimate of drug-likeness (QED) is 0.437. The van der Waals surface area contributed by atoms with Gasteiger partial charge < -0.3 is 24.6 Å². The van der Waals surface area contributed by atoms with Crippen LogP contribution in [0.25, 0.3) is 11.4 Å². The fraction of sp³-hybridized carbons (Fsp3) is 0.536. The zero-order chi connectivity index (χ0) is 27.1. The van der Waals surface area contributed by atoms with Crippen molar-refractivity contribution < 1.29 is 23.9 Å². The molecule has 0 radical (unpaired) electrons. The van der Waals surface area contributed by atoms with E-state index in [0.29, 0.717) is 31.2 Å². The Labute approximate surface area is 223 Å². The minimum Gasteiger partial charge on any atom is -0.460 e. The minimum atomic E-state index is -0.666. The predicted molar refractivity (Wildman–Crippen MR) is 142 cm³/mol. The number of methoxy groups -OCH3 is 1. The fourth-order valence-electron chi connectivity index (χ4n) is 5.08. The Bertz CT molecular complexity index is 1140. The summed E-state index contributed by atoms with van der Waals surface area (Å²) in [5, 5.41) is 3.17. The largest absolute Gasteiger partial charge is 0.460 e. The highest BCUT2D eigenvalue weighted by Crippen LogP contribution is 2.23. The molecule has 0 spiro atoms. The summed E-state index contributed by atoms with van der Waals surface area (Å²) in [6.45, 7) is 4.96. The second-order valence-electron chi connectivity index (χ2n) is 9.93. The maximum absolute atomic E-state index is 13.8. The molecule has 2 aliphatic rings. The van der Waals surface area contributed by atoms with Gasteiger partial charge in [-0.3, -0.25) is 4.79 Å². The van der Waals surface area contributed by atoms with Gasteiger partial charge in [0.1, 0.15) is 17.9 Å². The number of hydrogen-bond acceptors (Lipinski definition) is 7. The maximum atomic E-state index is 13.8. The van der Waals surface area contributed by atoms with Crippen LogP contribution in [0.15, 0.2) is 30.3 Å². The van der Waals surface area contributed by atoms with Gasteiger partial charge in [-0.05, 0) is 26.7 Å². The van der Waals surface area contributed by atoms with Gasteiger partial charge in [0, 0.05) is 44.4 Å². The van der Waals surface area contributed by atoms with Crippen LogP contribution in [0, 0.1) is 6.92 Å². The van der Waals surface area contributed by atoms with Gasteiger partial charge in [-0.25, -0.2) is 19.6 Å². The number of carbonyl (C=O) groups excluding carboxylic acids is 3. The fourth-order valence-corrected chi connectivity index (χ4v) is 5.08. The number of nitrogens with one attached hydrogen (secondary N) is 1. The van der Waals surface area contributed by atoms with Crippen LogP contribution in [0.5, 0.6) is 0 Å². The molecule has 1 aliphatic heterocycles. The number of carbonyl (C=O) groups is 3. The number of piperazine rings is 1. The molecule has 0 bridgehead atoms. The maximum Gasteiger partial charge on any atom is 0.342 e. The number of ether oxygens (including phenoxy) is 2. The Hall–Kier alpha value is -3.53. The lowest BCUT2D eigenvalue weighted by Crippen LogP contribution is -2.59. The number of hydrogen-bond donors (Lipinski definition) is 1. The smallest absolute Gasteiger partial charge is 0.342 e. The number of aryl methyl sites for hydroxylation is 1.